The molecule has 2 heterocycles. The summed E-state index contributed by atoms with van der Waals surface area (Å²) in [7, 11) is 1.74. The number of likely N-dealkylation sites (tertiary alicyclic amines) is 1. The number of ether oxygens (including phenoxy) is 1. The second-order valence-electron chi connectivity index (χ2n) is 8.30. The van der Waals surface area contributed by atoms with Crippen molar-refractivity contribution in [2.45, 2.75) is 58.5 Å². The second-order valence-corrected chi connectivity index (χ2v) is 8.30. The number of methoxy groups -OCH3 is 1. The number of rotatable bonds is 9. The van der Waals surface area contributed by atoms with Crippen LogP contribution in [-0.4, -0.2) is 49.3 Å². The Morgan fingerprint density at radius 2 is 1.97 bits per heavy atom. The molecule has 2 aromatic rings. The summed E-state index contributed by atoms with van der Waals surface area (Å²) in [4.78, 5) is 7.28. The number of aromatic nitrogens is 1. The van der Waals surface area contributed by atoms with Crippen molar-refractivity contribution >= 4 is 5.96 Å². The van der Waals surface area contributed by atoms with E-state index in [-0.39, 0.29) is 6.04 Å². The summed E-state index contributed by atoms with van der Waals surface area (Å²) in [6.45, 7) is 10.5. The largest absolute Gasteiger partial charge is 0.496 e. The van der Waals surface area contributed by atoms with Crippen molar-refractivity contribution in [2.24, 2.45) is 4.99 Å². The summed E-state index contributed by atoms with van der Waals surface area (Å²) < 4.78 is 11.1. The lowest BCUT2D eigenvalue weighted by Gasteiger charge is -2.35. The molecule has 0 bridgehead atoms. The van der Waals surface area contributed by atoms with Gasteiger partial charge in [-0.3, -0.25) is 4.90 Å². The van der Waals surface area contributed by atoms with Crippen LogP contribution in [0.1, 0.15) is 69.0 Å². The van der Waals surface area contributed by atoms with Gasteiger partial charge in [0, 0.05) is 24.7 Å². The molecule has 7 nitrogen and oxygen atoms in total. The molecule has 1 aliphatic rings. The predicted molar refractivity (Wildman–Crippen MR) is 125 cm³/mol. The molecule has 7 heteroatoms. The first-order valence-electron chi connectivity index (χ1n) is 11.5. The van der Waals surface area contributed by atoms with Gasteiger partial charge in [0.05, 0.1) is 18.8 Å². The molecule has 0 saturated carbocycles. The first-order valence-corrected chi connectivity index (χ1v) is 11.5. The molecule has 0 amide bonds. The third kappa shape index (κ3) is 6.47. The second kappa shape index (κ2) is 11.7. The molecule has 31 heavy (non-hydrogen) atoms. The highest BCUT2D eigenvalue weighted by Crippen LogP contribution is 2.30. The van der Waals surface area contributed by atoms with Crippen LogP contribution in [0.15, 0.2) is 39.8 Å². The first-order chi connectivity index (χ1) is 15.1. The Balaban J connectivity index is 1.73. The van der Waals surface area contributed by atoms with E-state index >= 15 is 0 Å². The average Bonchev–Trinajstić information content (AvgIpc) is 3.28. The van der Waals surface area contributed by atoms with Gasteiger partial charge in [0.2, 0.25) is 0 Å². The van der Waals surface area contributed by atoms with Crippen molar-refractivity contribution < 1.29 is 9.26 Å². The summed E-state index contributed by atoms with van der Waals surface area (Å²) in [6.07, 6.45) is 3.79. The Morgan fingerprint density at radius 3 is 2.65 bits per heavy atom. The van der Waals surface area contributed by atoms with E-state index in [0.717, 1.165) is 49.3 Å². The van der Waals surface area contributed by atoms with Gasteiger partial charge < -0.3 is 19.9 Å². The number of piperidine rings is 1. The van der Waals surface area contributed by atoms with Crippen LogP contribution in [0.5, 0.6) is 5.75 Å². The number of hydrogen-bond acceptors (Lipinski definition) is 5. The van der Waals surface area contributed by atoms with E-state index in [0.29, 0.717) is 12.5 Å². The van der Waals surface area contributed by atoms with Gasteiger partial charge in [-0.1, -0.05) is 43.6 Å². The van der Waals surface area contributed by atoms with Gasteiger partial charge in [-0.2, -0.15) is 0 Å². The Hall–Kier alpha value is -2.54. The van der Waals surface area contributed by atoms with Gasteiger partial charge >= 0.3 is 0 Å². The summed E-state index contributed by atoms with van der Waals surface area (Å²) in [6, 6.07) is 10.5. The number of guanidine groups is 1. The van der Waals surface area contributed by atoms with Crippen molar-refractivity contribution in [1.82, 2.24) is 20.7 Å². The number of hydrogen-bond donors (Lipinski definition) is 2. The van der Waals surface area contributed by atoms with Crippen LogP contribution in [-0.2, 0) is 6.54 Å². The lowest BCUT2D eigenvalue weighted by Crippen LogP contribution is -2.44. The zero-order valence-corrected chi connectivity index (χ0v) is 19.4. The minimum absolute atomic E-state index is 0.220. The van der Waals surface area contributed by atoms with Crippen molar-refractivity contribution in [1.29, 1.82) is 0 Å². The highest BCUT2D eigenvalue weighted by Gasteiger charge is 2.25. The Bertz CT molecular complexity index is 827. The van der Waals surface area contributed by atoms with E-state index in [1.54, 1.807) is 7.11 Å². The highest BCUT2D eigenvalue weighted by atomic mass is 16.5. The molecule has 1 aromatic heterocycles. The maximum atomic E-state index is 5.68. The molecule has 2 N–H and O–H groups in total. The van der Waals surface area contributed by atoms with Crippen molar-refractivity contribution in [3.05, 3.63) is 47.3 Å². The lowest BCUT2D eigenvalue weighted by molar-refractivity contribution is 0.161. The third-order valence-corrected chi connectivity index (χ3v) is 5.70. The van der Waals surface area contributed by atoms with Crippen LogP contribution in [0.4, 0.5) is 0 Å². The van der Waals surface area contributed by atoms with Gasteiger partial charge in [-0.25, -0.2) is 4.99 Å². The monoisotopic (exact) mass is 427 g/mol. The van der Waals surface area contributed by atoms with Gasteiger partial charge in [-0.15, -0.1) is 0 Å². The zero-order valence-electron chi connectivity index (χ0n) is 19.4. The predicted octanol–water partition coefficient (Wildman–Crippen LogP) is 4.09. The van der Waals surface area contributed by atoms with Crippen LogP contribution in [0.2, 0.25) is 0 Å². The number of aliphatic imine (C=N–C) groups is 1. The van der Waals surface area contributed by atoms with Crippen LogP contribution < -0.4 is 15.4 Å². The van der Waals surface area contributed by atoms with Crippen molar-refractivity contribution in [3.8, 4) is 5.75 Å². The zero-order chi connectivity index (χ0) is 22.1. The summed E-state index contributed by atoms with van der Waals surface area (Å²) >= 11 is 0. The van der Waals surface area contributed by atoms with Gasteiger partial charge in [0.25, 0.3) is 0 Å². The maximum Gasteiger partial charge on any atom is 0.191 e. The minimum atomic E-state index is 0.220. The molecule has 1 unspecified atom stereocenters. The van der Waals surface area contributed by atoms with Gasteiger partial charge in [-0.05, 0) is 44.8 Å². The maximum absolute atomic E-state index is 5.68. The smallest absolute Gasteiger partial charge is 0.191 e. The van der Waals surface area contributed by atoms with Crippen LogP contribution >= 0.6 is 0 Å². The van der Waals surface area contributed by atoms with Crippen molar-refractivity contribution in [3.63, 3.8) is 0 Å². The number of benzene rings is 1. The van der Waals surface area contributed by atoms with Crippen LogP contribution in [0.3, 0.4) is 0 Å². The molecule has 1 aromatic carbocycles. The third-order valence-electron chi connectivity index (χ3n) is 5.70. The Morgan fingerprint density at radius 1 is 1.19 bits per heavy atom. The highest BCUT2D eigenvalue weighted by molar-refractivity contribution is 5.79. The molecule has 0 spiro atoms. The molecule has 1 atom stereocenters. The molecule has 1 saturated heterocycles. The summed E-state index contributed by atoms with van der Waals surface area (Å²) in [5.41, 5.74) is 2.18. The minimum Gasteiger partial charge on any atom is -0.496 e. The number of nitrogens with zero attached hydrogens (tertiary/aromatic N) is 3. The van der Waals surface area contributed by atoms with E-state index in [2.05, 4.69) is 53.6 Å². The van der Waals surface area contributed by atoms with Crippen LogP contribution in [0.25, 0.3) is 0 Å². The molecular formula is C24H37N5O2. The van der Waals surface area contributed by atoms with Gasteiger partial charge in [0.15, 0.2) is 11.7 Å². The molecule has 0 aliphatic carbocycles. The molecule has 1 fully saturated rings. The fourth-order valence-corrected chi connectivity index (χ4v) is 3.98. The molecular weight excluding hydrogens is 390 g/mol. The number of para-hydroxylation sites is 1. The molecule has 1 aliphatic heterocycles. The quantitative estimate of drug-likeness (QED) is 0.464. The molecule has 0 radical (unpaired) electrons. The van der Waals surface area contributed by atoms with E-state index < -0.39 is 0 Å². The first kappa shape index (κ1) is 23.1. The standard InChI is InChI=1S/C24H37N5O2/c1-5-25-24(26-16-19-15-21(18(2)3)28-31-19)27-17-22(29-13-9-6-10-14-29)20-11-7-8-12-23(20)30-4/h7-8,11-12,15,18,22H,5-6,9-10,13-14,16-17H2,1-4H3,(H2,25,26,27). The SMILES string of the molecule is CCNC(=NCc1cc(C(C)C)no1)NCC(c1ccccc1OC)N1CCCCC1. The molecule has 3 rings (SSSR count). The van der Waals surface area contributed by atoms with E-state index in [4.69, 9.17) is 14.3 Å². The van der Waals surface area contributed by atoms with Crippen molar-refractivity contribution in [2.75, 3.05) is 33.3 Å². The van der Waals surface area contributed by atoms with E-state index in [9.17, 15) is 0 Å². The summed E-state index contributed by atoms with van der Waals surface area (Å²) in [5, 5.41) is 11.0. The van der Waals surface area contributed by atoms with E-state index in [1.807, 2.05) is 18.2 Å². The van der Waals surface area contributed by atoms with E-state index in [1.165, 1.54) is 24.8 Å². The fourth-order valence-electron chi connectivity index (χ4n) is 3.98. The average molecular weight is 428 g/mol. The normalized spacial score (nSPS) is 16.4. The topological polar surface area (TPSA) is 74.9 Å². The number of nitrogens with one attached hydrogen (secondary N) is 2. The summed E-state index contributed by atoms with van der Waals surface area (Å²) in [5.74, 6) is 2.84. The Labute approximate surface area is 186 Å². The Kier molecular flexibility index (Phi) is 8.76. The fraction of sp³-hybridized carbons (Fsp3) is 0.583. The van der Waals surface area contributed by atoms with Crippen LogP contribution in [0, 0.1) is 0 Å². The van der Waals surface area contributed by atoms with Gasteiger partial charge in [0.1, 0.15) is 12.3 Å². The lowest BCUT2D eigenvalue weighted by atomic mass is 10.0. The molecule has 170 valence electrons.